The summed E-state index contributed by atoms with van der Waals surface area (Å²) < 4.78 is 7.34. The largest absolute Gasteiger partial charge is 0.462 e. The van der Waals surface area contributed by atoms with Gasteiger partial charge < -0.3 is 14.6 Å². The second-order valence-electron chi connectivity index (χ2n) is 8.13. The van der Waals surface area contributed by atoms with Crippen LogP contribution in [0.5, 0.6) is 0 Å². The van der Waals surface area contributed by atoms with Gasteiger partial charge in [0.05, 0.1) is 24.4 Å². The number of ether oxygens (including phenoxy) is 1. The molecule has 1 saturated heterocycles. The van der Waals surface area contributed by atoms with E-state index >= 15 is 0 Å². The molecule has 0 bridgehead atoms. The molecule has 3 rings (SSSR count). The van der Waals surface area contributed by atoms with E-state index in [0.29, 0.717) is 36.2 Å². The minimum absolute atomic E-state index is 0.109. The van der Waals surface area contributed by atoms with E-state index < -0.39 is 5.97 Å². The minimum Gasteiger partial charge on any atom is -0.462 e. The molecule has 1 aromatic heterocycles. The number of anilines is 1. The number of carbonyl (C=O) groups excluding carboxylic acids is 2. The fourth-order valence-corrected chi connectivity index (χ4v) is 3.95. The summed E-state index contributed by atoms with van der Waals surface area (Å²) in [5, 5.41) is 2.87. The predicted octanol–water partition coefficient (Wildman–Crippen LogP) is 3.53. The Morgan fingerprint density at radius 1 is 1.23 bits per heavy atom. The maximum atomic E-state index is 12.6. The van der Waals surface area contributed by atoms with Crippen LogP contribution in [0.2, 0.25) is 0 Å². The van der Waals surface area contributed by atoms with Crippen LogP contribution in [0.3, 0.4) is 0 Å². The lowest BCUT2D eigenvalue weighted by Crippen LogP contribution is -2.40. The molecule has 2 aromatic rings. The Morgan fingerprint density at radius 3 is 2.67 bits per heavy atom. The fraction of sp³-hybridized carbons (Fsp3) is 0.522. The van der Waals surface area contributed by atoms with Crippen molar-refractivity contribution in [2.75, 3.05) is 31.6 Å². The predicted molar refractivity (Wildman–Crippen MR) is 117 cm³/mol. The van der Waals surface area contributed by atoms with Crippen molar-refractivity contribution in [1.29, 1.82) is 0 Å². The van der Waals surface area contributed by atoms with Gasteiger partial charge in [-0.1, -0.05) is 26.0 Å². The zero-order valence-electron chi connectivity index (χ0n) is 18.1. The van der Waals surface area contributed by atoms with Crippen molar-refractivity contribution in [3.05, 3.63) is 48.0 Å². The first-order chi connectivity index (χ1) is 14.5. The van der Waals surface area contributed by atoms with Gasteiger partial charge in [0.15, 0.2) is 0 Å². The van der Waals surface area contributed by atoms with Crippen molar-refractivity contribution in [2.24, 2.45) is 5.92 Å². The van der Waals surface area contributed by atoms with E-state index in [1.165, 1.54) is 0 Å². The quantitative estimate of drug-likeness (QED) is 0.671. The number of carbonyl (C=O) groups is 2. The Bertz CT molecular complexity index is 854. The first kappa shape index (κ1) is 22.0. The van der Waals surface area contributed by atoms with E-state index in [1.807, 2.05) is 6.20 Å². The lowest BCUT2D eigenvalue weighted by molar-refractivity contribution is -0.117. The lowest BCUT2D eigenvalue weighted by Gasteiger charge is -2.32. The summed E-state index contributed by atoms with van der Waals surface area (Å²) >= 11 is 0. The molecule has 1 N–H and O–H groups in total. The number of aromatic nitrogens is 2. The van der Waals surface area contributed by atoms with Crippen molar-refractivity contribution < 1.29 is 14.3 Å². The third kappa shape index (κ3) is 5.69. The monoisotopic (exact) mass is 412 g/mol. The molecule has 0 radical (unpaired) electrons. The number of nitrogens with one attached hydrogen (secondary N) is 1. The maximum Gasteiger partial charge on any atom is 0.340 e. The van der Waals surface area contributed by atoms with Crippen LogP contribution < -0.4 is 5.32 Å². The van der Waals surface area contributed by atoms with Crippen molar-refractivity contribution >= 4 is 17.6 Å². The summed E-state index contributed by atoms with van der Waals surface area (Å²) in [4.78, 5) is 31.3. The van der Waals surface area contributed by atoms with E-state index in [0.717, 1.165) is 38.3 Å². The number of imidazole rings is 1. The maximum absolute atomic E-state index is 12.6. The third-order valence-corrected chi connectivity index (χ3v) is 5.49. The molecule has 1 aliphatic rings. The van der Waals surface area contributed by atoms with Crippen LogP contribution in [0.4, 0.5) is 5.69 Å². The standard InChI is InChI=1S/C23H32N4O3/c1-4-30-23(29)19-7-5-6-8-20(19)25-21(28)16-26-12-9-18(10-13-26)15-27-14-11-24-22(27)17(2)3/h5-8,11,14,17-18H,4,9-10,12-13,15-16H2,1-3H3,(H,25,28). The summed E-state index contributed by atoms with van der Waals surface area (Å²) in [5.41, 5.74) is 0.879. The van der Waals surface area contributed by atoms with Gasteiger partial charge in [0.25, 0.3) is 0 Å². The second kappa shape index (κ2) is 10.4. The Kier molecular flexibility index (Phi) is 7.63. The summed E-state index contributed by atoms with van der Waals surface area (Å²) in [5.74, 6) is 1.62. The molecule has 1 aliphatic heterocycles. The van der Waals surface area contributed by atoms with Crippen LogP contribution in [0.1, 0.15) is 55.7 Å². The highest BCUT2D eigenvalue weighted by Gasteiger charge is 2.23. The summed E-state index contributed by atoms with van der Waals surface area (Å²) in [6, 6.07) is 6.96. The Balaban J connectivity index is 1.49. The molecule has 0 saturated carbocycles. The number of likely N-dealkylation sites (tertiary alicyclic amines) is 1. The summed E-state index contributed by atoms with van der Waals surface area (Å²) in [7, 11) is 0. The van der Waals surface area contributed by atoms with E-state index in [2.05, 4.69) is 39.8 Å². The smallest absolute Gasteiger partial charge is 0.340 e. The first-order valence-electron chi connectivity index (χ1n) is 10.8. The average molecular weight is 413 g/mol. The second-order valence-corrected chi connectivity index (χ2v) is 8.13. The van der Waals surface area contributed by atoms with Gasteiger partial charge in [-0.2, -0.15) is 0 Å². The Labute approximate surface area is 178 Å². The van der Waals surface area contributed by atoms with Gasteiger partial charge in [-0.25, -0.2) is 9.78 Å². The number of rotatable bonds is 8. The van der Waals surface area contributed by atoms with Crippen LogP contribution in [0, 0.1) is 5.92 Å². The highest BCUT2D eigenvalue weighted by Crippen LogP contribution is 2.22. The lowest BCUT2D eigenvalue weighted by atomic mass is 9.96. The molecule has 0 aliphatic carbocycles. The molecule has 0 atom stereocenters. The number of piperidine rings is 1. The number of esters is 1. The van der Waals surface area contributed by atoms with E-state index in [9.17, 15) is 9.59 Å². The minimum atomic E-state index is -0.422. The molecule has 1 aromatic carbocycles. The molecule has 30 heavy (non-hydrogen) atoms. The number of para-hydroxylation sites is 1. The molecule has 7 nitrogen and oxygen atoms in total. The topological polar surface area (TPSA) is 76.5 Å². The van der Waals surface area contributed by atoms with E-state index in [4.69, 9.17) is 4.74 Å². The van der Waals surface area contributed by atoms with Crippen molar-refractivity contribution in [2.45, 2.75) is 46.1 Å². The number of amides is 1. The van der Waals surface area contributed by atoms with Crippen LogP contribution in [-0.2, 0) is 16.1 Å². The molecule has 0 spiro atoms. The van der Waals surface area contributed by atoms with Crippen molar-refractivity contribution in [1.82, 2.24) is 14.5 Å². The average Bonchev–Trinajstić information content (AvgIpc) is 3.18. The normalized spacial score (nSPS) is 15.3. The molecule has 0 unspecified atom stereocenters. The van der Waals surface area contributed by atoms with Gasteiger partial charge in [-0.05, 0) is 50.9 Å². The summed E-state index contributed by atoms with van der Waals surface area (Å²) in [6.07, 6.45) is 6.06. The zero-order valence-corrected chi connectivity index (χ0v) is 18.1. The number of hydrogen-bond acceptors (Lipinski definition) is 5. The van der Waals surface area contributed by atoms with Gasteiger partial charge in [0.2, 0.25) is 5.91 Å². The molecule has 162 valence electrons. The van der Waals surface area contributed by atoms with Gasteiger partial charge >= 0.3 is 5.97 Å². The van der Waals surface area contributed by atoms with Crippen LogP contribution >= 0.6 is 0 Å². The van der Waals surface area contributed by atoms with Crippen LogP contribution in [-0.4, -0.2) is 52.6 Å². The van der Waals surface area contributed by atoms with Crippen molar-refractivity contribution in [3.63, 3.8) is 0 Å². The van der Waals surface area contributed by atoms with E-state index in [-0.39, 0.29) is 5.91 Å². The van der Waals surface area contributed by atoms with E-state index in [1.54, 1.807) is 31.2 Å². The summed E-state index contributed by atoms with van der Waals surface area (Å²) in [6.45, 7) is 9.49. The molecule has 2 heterocycles. The highest BCUT2D eigenvalue weighted by molar-refractivity contribution is 6.01. The molecule has 1 fully saturated rings. The number of nitrogens with zero attached hydrogens (tertiary/aromatic N) is 3. The van der Waals surface area contributed by atoms with Gasteiger partial charge in [-0.15, -0.1) is 0 Å². The molecular weight excluding hydrogens is 380 g/mol. The SMILES string of the molecule is CCOC(=O)c1ccccc1NC(=O)CN1CCC(Cn2ccnc2C(C)C)CC1. The number of benzene rings is 1. The Hall–Kier alpha value is -2.67. The first-order valence-corrected chi connectivity index (χ1v) is 10.8. The van der Waals surface area contributed by atoms with Crippen molar-refractivity contribution in [3.8, 4) is 0 Å². The Morgan fingerprint density at radius 2 is 1.97 bits per heavy atom. The highest BCUT2D eigenvalue weighted by atomic mass is 16.5. The third-order valence-electron chi connectivity index (χ3n) is 5.49. The zero-order chi connectivity index (χ0) is 21.5. The van der Waals surface area contributed by atoms with Crippen LogP contribution in [0.15, 0.2) is 36.7 Å². The molecular formula is C23H32N4O3. The van der Waals surface area contributed by atoms with Gasteiger partial charge in [-0.3, -0.25) is 9.69 Å². The molecule has 7 heteroatoms. The number of hydrogen-bond donors (Lipinski definition) is 1. The molecule has 1 amide bonds. The fourth-order valence-electron chi connectivity index (χ4n) is 3.95. The van der Waals surface area contributed by atoms with Crippen LogP contribution in [0.25, 0.3) is 0 Å². The van der Waals surface area contributed by atoms with Gasteiger partial charge in [0.1, 0.15) is 5.82 Å². The van der Waals surface area contributed by atoms with Gasteiger partial charge in [0, 0.05) is 24.9 Å².